The number of para-hydroxylation sites is 1. The van der Waals surface area contributed by atoms with Crippen LogP contribution in [0.15, 0.2) is 48.8 Å². The van der Waals surface area contributed by atoms with E-state index in [1.807, 2.05) is 18.5 Å². The van der Waals surface area contributed by atoms with E-state index in [0.717, 1.165) is 18.8 Å². The minimum atomic E-state index is 1.02. The van der Waals surface area contributed by atoms with Crippen LogP contribution >= 0.6 is 0 Å². The predicted molar refractivity (Wildman–Crippen MR) is 86.0 cm³/mol. The van der Waals surface area contributed by atoms with Crippen LogP contribution in [-0.2, 0) is 13.1 Å². The highest BCUT2D eigenvalue weighted by Crippen LogP contribution is 2.15. The van der Waals surface area contributed by atoms with Crippen LogP contribution < -0.4 is 14.5 Å². The highest BCUT2D eigenvalue weighted by molar-refractivity contribution is 5.32. The number of hydrogen-bond acceptors (Lipinski definition) is 2. The molecule has 0 unspecified atom stereocenters. The number of quaternary nitrogens is 2. The van der Waals surface area contributed by atoms with Gasteiger partial charge in [0.2, 0.25) is 0 Å². The van der Waals surface area contributed by atoms with Gasteiger partial charge in [-0.25, -0.2) is 0 Å². The van der Waals surface area contributed by atoms with E-state index in [0.29, 0.717) is 0 Å². The molecule has 2 heterocycles. The number of nitrogens with zero attached hydrogens (tertiary/aromatic N) is 1. The van der Waals surface area contributed by atoms with Crippen molar-refractivity contribution < 1.29 is 14.5 Å². The third kappa shape index (κ3) is 3.84. The van der Waals surface area contributed by atoms with E-state index in [-0.39, 0.29) is 0 Å². The third-order valence-electron chi connectivity index (χ3n) is 4.50. The number of methoxy groups -OCH3 is 1. The Labute approximate surface area is 132 Å². The molecule has 22 heavy (non-hydrogen) atoms. The van der Waals surface area contributed by atoms with Crippen molar-refractivity contribution in [1.82, 2.24) is 4.98 Å². The van der Waals surface area contributed by atoms with Gasteiger partial charge < -0.3 is 14.5 Å². The lowest BCUT2D eigenvalue weighted by atomic mass is 10.1. The summed E-state index contributed by atoms with van der Waals surface area (Å²) >= 11 is 0. The minimum absolute atomic E-state index is 1.02. The van der Waals surface area contributed by atoms with Crippen LogP contribution in [0.5, 0.6) is 5.75 Å². The van der Waals surface area contributed by atoms with Crippen molar-refractivity contribution in [3.05, 3.63) is 59.9 Å². The number of nitrogens with one attached hydrogen (secondary N) is 2. The second kappa shape index (κ2) is 7.38. The Morgan fingerprint density at radius 3 is 2.23 bits per heavy atom. The fourth-order valence-corrected chi connectivity index (χ4v) is 3.22. The first-order chi connectivity index (χ1) is 10.8. The fourth-order valence-electron chi connectivity index (χ4n) is 3.22. The lowest BCUT2D eigenvalue weighted by Crippen LogP contribution is -3.27. The number of hydrogen-bond donors (Lipinski definition) is 2. The van der Waals surface area contributed by atoms with Crippen LogP contribution in [0.25, 0.3) is 0 Å². The molecule has 0 bridgehead atoms. The van der Waals surface area contributed by atoms with Crippen molar-refractivity contribution in [1.29, 1.82) is 0 Å². The lowest BCUT2D eigenvalue weighted by molar-refractivity contribution is -1.02. The summed E-state index contributed by atoms with van der Waals surface area (Å²) in [5.74, 6) is 1.02. The van der Waals surface area contributed by atoms with Gasteiger partial charge in [-0.2, -0.15) is 0 Å². The molecule has 3 rings (SSSR count). The van der Waals surface area contributed by atoms with Crippen LogP contribution in [0.1, 0.15) is 11.1 Å². The average Bonchev–Trinajstić information content (AvgIpc) is 2.58. The summed E-state index contributed by atoms with van der Waals surface area (Å²) in [6, 6.07) is 12.6. The van der Waals surface area contributed by atoms with E-state index in [2.05, 4.69) is 35.3 Å². The molecule has 0 aliphatic carbocycles. The van der Waals surface area contributed by atoms with Crippen molar-refractivity contribution in [2.45, 2.75) is 13.1 Å². The maximum absolute atomic E-state index is 5.46. The Morgan fingerprint density at radius 2 is 1.55 bits per heavy atom. The largest absolute Gasteiger partial charge is 0.496 e. The zero-order valence-corrected chi connectivity index (χ0v) is 13.2. The standard InChI is InChI=1S/C18H23N3O/c1-22-18-5-3-2-4-17(18)15-21-12-10-20(11-13-21)14-16-6-8-19-9-7-16/h2-9H,10-15H2,1H3/p+2. The lowest BCUT2D eigenvalue weighted by Gasteiger charge is -2.30. The third-order valence-corrected chi connectivity index (χ3v) is 4.50. The topological polar surface area (TPSA) is 31.0 Å². The molecule has 1 aromatic heterocycles. The summed E-state index contributed by atoms with van der Waals surface area (Å²) in [5.41, 5.74) is 2.70. The van der Waals surface area contributed by atoms with Gasteiger partial charge in [0, 0.05) is 23.5 Å². The minimum Gasteiger partial charge on any atom is -0.496 e. The highest BCUT2D eigenvalue weighted by atomic mass is 16.5. The van der Waals surface area contributed by atoms with E-state index in [4.69, 9.17) is 4.74 Å². The first kappa shape index (κ1) is 15.0. The van der Waals surface area contributed by atoms with Gasteiger partial charge in [0.15, 0.2) is 0 Å². The maximum Gasteiger partial charge on any atom is 0.127 e. The number of pyridine rings is 1. The summed E-state index contributed by atoms with van der Waals surface area (Å²) in [5, 5.41) is 0. The first-order valence-corrected chi connectivity index (χ1v) is 8.03. The molecule has 0 spiro atoms. The van der Waals surface area contributed by atoms with E-state index >= 15 is 0 Å². The number of rotatable bonds is 5. The number of ether oxygens (including phenoxy) is 1. The molecule has 0 amide bonds. The Balaban J connectivity index is 1.51. The Kier molecular flexibility index (Phi) is 5.03. The molecular formula is C18H25N3O+2. The van der Waals surface area contributed by atoms with Gasteiger partial charge in [0.05, 0.1) is 7.11 Å². The van der Waals surface area contributed by atoms with Crippen LogP contribution in [0, 0.1) is 0 Å². The van der Waals surface area contributed by atoms with E-state index in [1.165, 1.54) is 37.3 Å². The van der Waals surface area contributed by atoms with Gasteiger partial charge in [-0.3, -0.25) is 4.98 Å². The molecule has 2 N–H and O–H groups in total. The van der Waals surface area contributed by atoms with E-state index in [9.17, 15) is 0 Å². The number of benzene rings is 1. The molecule has 0 saturated carbocycles. The SMILES string of the molecule is COc1ccccc1C[NH+]1CC[NH+](Cc2ccncc2)CC1. The Morgan fingerprint density at radius 1 is 0.909 bits per heavy atom. The Hall–Kier alpha value is -1.91. The smallest absolute Gasteiger partial charge is 0.127 e. The summed E-state index contributed by atoms with van der Waals surface area (Å²) < 4.78 is 5.46. The van der Waals surface area contributed by atoms with Gasteiger partial charge >= 0.3 is 0 Å². The molecule has 0 radical (unpaired) electrons. The van der Waals surface area contributed by atoms with Crippen molar-refractivity contribution in [3.63, 3.8) is 0 Å². The molecule has 1 saturated heterocycles. The quantitative estimate of drug-likeness (QED) is 0.785. The summed E-state index contributed by atoms with van der Waals surface area (Å²) in [6.07, 6.45) is 3.77. The van der Waals surface area contributed by atoms with E-state index in [1.54, 1.807) is 16.9 Å². The number of piperazine rings is 1. The maximum atomic E-state index is 5.46. The molecule has 4 nitrogen and oxygen atoms in total. The predicted octanol–water partition coefficient (Wildman–Crippen LogP) is -0.426. The van der Waals surface area contributed by atoms with Crippen molar-refractivity contribution in [2.75, 3.05) is 33.3 Å². The molecule has 1 aliphatic heterocycles. The Bertz CT molecular complexity index is 580. The molecule has 1 aromatic carbocycles. The van der Waals surface area contributed by atoms with Crippen molar-refractivity contribution in [3.8, 4) is 5.75 Å². The van der Waals surface area contributed by atoms with Gasteiger partial charge in [-0.05, 0) is 24.3 Å². The fraction of sp³-hybridized carbons (Fsp3) is 0.389. The molecule has 4 heteroatoms. The summed E-state index contributed by atoms with van der Waals surface area (Å²) in [7, 11) is 1.75. The van der Waals surface area contributed by atoms with Gasteiger partial charge in [-0.15, -0.1) is 0 Å². The monoisotopic (exact) mass is 299 g/mol. The molecule has 2 aromatic rings. The first-order valence-electron chi connectivity index (χ1n) is 8.03. The summed E-state index contributed by atoms with van der Waals surface area (Å²) in [6.45, 7) is 7.08. The second-order valence-corrected chi connectivity index (χ2v) is 6.02. The van der Waals surface area contributed by atoms with Crippen molar-refractivity contribution in [2.24, 2.45) is 0 Å². The summed E-state index contributed by atoms with van der Waals surface area (Å²) in [4.78, 5) is 7.42. The molecule has 116 valence electrons. The average molecular weight is 299 g/mol. The zero-order valence-electron chi connectivity index (χ0n) is 13.2. The van der Waals surface area contributed by atoms with Crippen molar-refractivity contribution >= 4 is 0 Å². The molecular weight excluding hydrogens is 274 g/mol. The molecule has 1 fully saturated rings. The van der Waals surface area contributed by atoms with Crippen LogP contribution in [0.4, 0.5) is 0 Å². The van der Waals surface area contributed by atoms with Crippen LogP contribution in [-0.4, -0.2) is 38.3 Å². The second-order valence-electron chi connectivity index (χ2n) is 6.02. The highest BCUT2D eigenvalue weighted by Gasteiger charge is 2.23. The normalized spacial score (nSPS) is 21.5. The van der Waals surface area contributed by atoms with Gasteiger partial charge in [0.25, 0.3) is 0 Å². The molecule has 1 aliphatic rings. The van der Waals surface area contributed by atoms with Gasteiger partial charge in [-0.1, -0.05) is 12.1 Å². The van der Waals surface area contributed by atoms with Crippen LogP contribution in [0.2, 0.25) is 0 Å². The van der Waals surface area contributed by atoms with Crippen LogP contribution in [0.3, 0.4) is 0 Å². The van der Waals surface area contributed by atoms with E-state index < -0.39 is 0 Å². The zero-order chi connectivity index (χ0) is 15.2. The molecule has 0 atom stereocenters. The van der Waals surface area contributed by atoms with Gasteiger partial charge in [0.1, 0.15) is 45.0 Å². The number of aromatic nitrogens is 1.